The smallest absolute Gasteiger partial charge is 0.264 e. The minimum absolute atomic E-state index is 0.0179. The van der Waals surface area contributed by atoms with Crippen molar-refractivity contribution in [2.45, 2.75) is 19.3 Å². The van der Waals surface area contributed by atoms with Crippen molar-refractivity contribution in [1.29, 1.82) is 0 Å². The molecule has 0 aliphatic heterocycles. The Morgan fingerprint density at radius 3 is 2.70 bits per heavy atom. The number of hydrogen-bond acceptors (Lipinski definition) is 3. The number of thiophene rings is 1. The summed E-state index contributed by atoms with van der Waals surface area (Å²) in [6, 6.07) is 8.85. The average molecular weight is 349 g/mol. The van der Waals surface area contributed by atoms with Crippen molar-refractivity contribution in [3.63, 3.8) is 0 Å². The van der Waals surface area contributed by atoms with Gasteiger partial charge in [-0.2, -0.15) is 0 Å². The number of nitrogens with zero attached hydrogens (tertiary/aromatic N) is 1. The van der Waals surface area contributed by atoms with Gasteiger partial charge in [0.05, 0.1) is 11.4 Å². The highest BCUT2D eigenvalue weighted by Gasteiger charge is 2.21. The van der Waals surface area contributed by atoms with Crippen LogP contribution in [0.5, 0.6) is 0 Å². The van der Waals surface area contributed by atoms with Crippen molar-refractivity contribution in [3.8, 4) is 0 Å². The van der Waals surface area contributed by atoms with Gasteiger partial charge in [-0.05, 0) is 55.2 Å². The van der Waals surface area contributed by atoms with Crippen molar-refractivity contribution in [1.82, 2.24) is 4.90 Å². The standard InChI is InChI=1S/C17H17ClN2O2S/c1-20(10-16(21)19-13-7-5-12(18)6-8-13)17(22)15-9-11-3-2-4-14(11)23-15/h5-9H,2-4,10H2,1H3,(H,19,21). The summed E-state index contributed by atoms with van der Waals surface area (Å²) in [6.45, 7) is 0.0179. The van der Waals surface area contributed by atoms with E-state index >= 15 is 0 Å². The highest BCUT2D eigenvalue weighted by molar-refractivity contribution is 7.14. The highest BCUT2D eigenvalue weighted by Crippen LogP contribution is 2.31. The van der Waals surface area contributed by atoms with Gasteiger partial charge in [-0.1, -0.05) is 11.6 Å². The molecule has 1 heterocycles. The topological polar surface area (TPSA) is 49.4 Å². The molecule has 0 bridgehead atoms. The molecule has 1 N–H and O–H groups in total. The lowest BCUT2D eigenvalue weighted by molar-refractivity contribution is -0.116. The van der Waals surface area contributed by atoms with E-state index in [1.54, 1.807) is 42.6 Å². The zero-order valence-corrected chi connectivity index (χ0v) is 14.3. The molecule has 2 amide bonds. The molecule has 1 aromatic heterocycles. The lowest BCUT2D eigenvalue weighted by Crippen LogP contribution is -2.34. The van der Waals surface area contributed by atoms with Crippen LogP contribution in [0.2, 0.25) is 5.02 Å². The predicted octanol–water partition coefficient (Wildman–Crippen LogP) is 3.60. The largest absolute Gasteiger partial charge is 0.332 e. The second kappa shape index (κ2) is 6.72. The molecule has 0 unspecified atom stereocenters. The van der Waals surface area contributed by atoms with Gasteiger partial charge < -0.3 is 10.2 Å². The fraction of sp³-hybridized carbons (Fsp3) is 0.294. The molecule has 6 heteroatoms. The number of nitrogens with one attached hydrogen (secondary N) is 1. The van der Waals surface area contributed by atoms with Gasteiger partial charge in [0.25, 0.3) is 5.91 Å². The zero-order valence-electron chi connectivity index (χ0n) is 12.8. The van der Waals surface area contributed by atoms with Crippen LogP contribution in [0.1, 0.15) is 26.5 Å². The van der Waals surface area contributed by atoms with Crippen LogP contribution >= 0.6 is 22.9 Å². The molecule has 120 valence electrons. The lowest BCUT2D eigenvalue weighted by atomic mass is 10.2. The van der Waals surface area contributed by atoms with E-state index in [0.717, 1.165) is 17.7 Å². The Labute approximate surface area is 144 Å². The highest BCUT2D eigenvalue weighted by atomic mass is 35.5. The van der Waals surface area contributed by atoms with Crippen LogP contribution in [0.25, 0.3) is 0 Å². The summed E-state index contributed by atoms with van der Waals surface area (Å²) in [7, 11) is 1.65. The van der Waals surface area contributed by atoms with E-state index in [-0.39, 0.29) is 18.4 Å². The molecule has 3 rings (SSSR count). The minimum atomic E-state index is -0.229. The fourth-order valence-corrected chi connectivity index (χ4v) is 4.02. The molecular weight excluding hydrogens is 332 g/mol. The van der Waals surface area contributed by atoms with E-state index < -0.39 is 0 Å². The number of benzene rings is 1. The van der Waals surface area contributed by atoms with Crippen LogP contribution in [0.4, 0.5) is 5.69 Å². The van der Waals surface area contributed by atoms with E-state index in [2.05, 4.69) is 5.32 Å². The molecule has 0 saturated carbocycles. The van der Waals surface area contributed by atoms with Crippen molar-refractivity contribution in [3.05, 3.63) is 50.7 Å². The Bertz CT molecular complexity index is 718. The predicted molar refractivity (Wildman–Crippen MR) is 93.4 cm³/mol. The van der Waals surface area contributed by atoms with E-state index in [0.29, 0.717) is 10.7 Å². The van der Waals surface area contributed by atoms with E-state index in [1.165, 1.54) is 21.8 Å². The number of fused-ring (bicyclic) bond motifs is 1. The van der Waals surface area contributed by atoms with Gasteiger partial charge in [-0.25, -0.2) is 0 Å². The van der Waals surface area contributed by atoms with Crippen molar-refractivity contribution < 1.29 is 9.59 Å². The second-order valence-corrected chi connectivity index (χ2v) is 7.20. The molecule has 1 aromatic carbocycles. The normalized spacial score (nSPS) is 12.8. The number of aryl methyl sites for hydroxylation is 2. The molecule has 0 atom stereocenters. The quantitative estimate of drug-likeness (QED) is 0.917. The Hall–Kier alpha value is -1.85. The Balaban J connectivity index is 1.59. The average Bonchev–Trinajstić information content (AvgIpc) is 3.10. The van der Waals surface area contributed by atoms with Crippen LogP contribution in [-0.4, -0.2) is 30.3 Å². The summed E-state index contributed by atoms with van der Waals surface area (Å²) in [4.78, 5) is 28.0. The number of likely N-dealkylation sites (N-methyl/N-ethyl adjacent to an activating group) is 1. The summed E-state index contributed by atoms with van der Waals surface area (Å²) in [5.41, 5.74) is 1.95. The van der Waals surface area contributed by atoms with Crippen LogP contribution in [0.3, 0.4) is 0 Å². The van der Waals surface area contributed by atoms with Crippen molar-refractivity contribution in [2.75, 3.05) is 18.9 Å². The number of rotatable bonds is 4. The summed E-state index contributed by atoms with van der Waals surface area (Å²) >= 11 is 7.36. The second-order valence-electron chi connectivity index (χ2n) is 5.63. The maximum absolute atomic E-state index is 12.4. The first-order valence-electron chi connectivity index (χ1n) is 7.45. The van der Waals surface area contributed by atoms with Crippen LogP contribution < -0.4 is 5.32 Å². The Morgan fingerprint density at radius 1 is 1.26 bits per heavy atom. The summed E-state index contributed by atoms with van der Waals surface area (Å²) in [5.74, 6) is -0.331. The van der Waals surface area contributed by atoms with Crippen molar-refractivity contribution in [2.24, 2.45) is 0 Å². The Morgan fingerprint density at radius 2 is 2.00 bits per heavy atom. The summed E-state index contributed by atoms with van der Waals surface area (Å²) in [6.07, 6.45) is 3.29. The van der Waals surface area contributed by atoms with Gasteiger partial charge >= 0.3 is 0 Å². The molecule has 0 spiro atoms. The molecule has 23 heavy (non-hydrogen) atoms. The first-order chi connectivity index (χ1) is 11.0. The van der Waals surface area contributed by atoms with Gasteiger partial charge in [-0.3, -0.25) is 9.59 Å². The number of halogens is 1. The maximum Gasteiger partial charge on any atom is 0.264 e. The summed E-state index contributed by atoms with van der Waals surface area (Å²) < 4.78 is 0. The first-order valence-corrected chi connectivity index (χ1v) is 8.65. The number of amides is 2. The van der Waals surface area contributed by atoms with Crippen LogP contribution in [0.15, 0.2) is 30.3 Å². The minimum Gasteiger partial charge on any atom is -0.332 e. The van der Waals surface area contributed by atoms with Gasteiger partial charge in [0.2, 0.25) is 5.91 Å². The van der Waals surface area contributed by atoms with E-state index in [9.17, 15) is 9.59 Å². The SMILES string of the molecule is CN(CC(=O)Nc1ccc(Cl)cc1)C(=O)c1cc2c(s1)CCC2. The van der Waals surface area contributed by atoms with Gasteiger partial charge in [-0.15, -0.1) is 11.3 Å². The third-order valence-corrected chi connectivity index (χ3v) is 5.29. The van der Waals surface area contributed by atoms with Crippen molar-refractivity contribution >= 4 is 40.4 Å². The number of carbonyl (C=O) groups is 2. The molecule has 1 aliphatic carbocycles. The number of hydrogen-bond donors (Lipinski definition) is 1. The molecule has 1 aliphatic rings. The van der Waals surface area contributed by atoms with E-state index in [1.807, 2.05) is 6.07 Å². The fourth-order valence-electron chi connectivity index (χ4n) is 2.64. The molecule has 4 nitrogen and oxygen atoms in total. The van der Waals surface area contributed by atoms with Gasteiger partial charge in [0.1, 0.15) is 0 Å². The number of anilines is 1. The molecule has 0 radical (unpaired) electrons. The molecule has 0 saturated heterocycles. The molecular formula is C17H17ClN2O2S. The monoisotopic (exact) mass is 348 g/mol. The maximum atomic E-state index is 12.4. The lowest BCUT2D eigenvalue weighted by Gasteiger charge is -2.16. The third kappa shape index (κ3) is 3.74. The van der Waals surface area contributed by atoms with E-state index in [4.69, 9.17) is 11.6 Å². The summed E-state index contributed by atoms with van der Waals surface area (Å²) in [5, 5.41) is 3.37. The Kier molecular flexibility index (Phi) is 4.68. The molecule has 0 fully saturated rings. The number of carbonyl (C=O) groups excluding carboxylic acids is 2. The van der Waals surface area contributed by atoms with Crippen LogP contribution in [-0.2, 0) is 17.6 Å². The van der Waals surface area contributed by atoms with Crippen LogP contribution in [0, 0.1) is 0 Å². The third-order valence-electron chi connectivity index (χ3n) is 3.81. The van der Waals surface area contributed by atoms with Gasteiger partial charge in [0.15, 0.2) is 0 Å². The van der Waals surface area contributed by atoms with Gasteiger partial charge in [0, 0.05) is 22.6 Å². The zero-order chi connectivity index (χ0) is 16.4. The first kappa shape index (κ1) is 16.0. The molecule has 2 aromatic rings.